The smallest absolute Gasteiger partial charge is 0.196 e. The maximum atomic E-state index is 6.37. The standard InChI is InChI=1S/C20H17Cl2N3OS/c1-3-26-14-9-7-13(8-10-14)19-12(2)27-20-24-23-17(11-25(19)20)18-15(21)5-4-6-16(18)22/h4-11,23H,3H2,1-2H3. The minimum Gasteiger partial charge on any atom is -0.494 e. The van der Waals surface area contributed by atoms with Crippen molar-refractivity contribution in [2.45, 2.75) is 13.8 Å². The van der Waals surface area contributed by atoms with Gasteiger partial charge in [0, 0.05) is 16.7 Å². The molecule has 0 unspecified atom stereocenters. The topological polar surface area (TPSA) is 36.9 Å². The van der Waals surface area contributed by atoms with Crippen LogP contribution < -0.4 is 10.2 Å². The van der Waals surface area contributed by atoms with Gasteiger partial charge in [-0.3, -0.25) is 10.3 Å². The summed E-state index contributed by atoms with van der Waals surface area (Å²) >= 11 is 14.4. The fraction of sp³-hybridized carbons (Fsp3) is 0.150. The Hall–Kier alpha value is -2.08. The normalized spacial score (nSPS) is 15.9. The highest BCUT2D eigenvalue weighted by Gasteiger charge is 2.31. The summed E-state index contributed by atoms with van der Waals surface area (Å²) < 4.78 is 5.55. The lowest BCUT2D eigenvalue weighted by molar-refractivity contribution is 0.340. The highest BCUT2D eigenvalue weighted by molar-refractivity contribution is 8.17. The second-order valence-electron chi connectivity index (χ2n) is 5.98. The van der Waals surface area contributed by atoms with Crippen molar-refractivity contribution in [2.75, 3.05) is 6.61 Å². The molecule has 0 amide bonds. The molecule has 0 bridgehead atoms. The van der Waals surface area contributed by atoms with Crippen molar-refractivity contribution >= 4 is 51.5 Å². The number of benzene rings is 2. The van der Waals surface area contributed by atoms with Crippen LogP contribution >= 0.6 is 35.0 Å². The molecule has 2 heterocycles. The van der Waals surface area contributed by atoms with Crippen LogP contribution in [-0.4, -0.2) is 16.7 Å². The van der Waals surface area contributed by atoms with Gasteiger partial charge >= 0.3 is 0 Å². The van der Waals surface area contributed by atoms with Crippen LogP contribution in [0.25, 0.3) is 11.4 Å². The number of hydrogen-bond donors (Lipinski definition) is 1. The SMILES string of the molecule is CCOc1ccc(C2=C(C)SC3=NNC(c4c(Cl)cccc4Cl)=CN32)cc1. The van der Waals surface area contributed by atoms with E-state index in [-0.39, 0.29) is 0 Å². The van der Waals surface area contributed by atoms with Crippen LogP contribution in [0.5, 0.6) is 5.75 Å². The number of amidine groups is 1. The summed E-state index contributed by atoms with van der Waals surface area (Å²) in [5.74, 6) is 0.860. The molecule has 0 saturated heterocycles. The number of hydrazone groups is 1. The fourth-order valence-electron chi connectivity index (χ4n) is 3.06. The van der Waals surface area contributed by atoms with Crippen LogP contribution in [0, 0.1) is 0 Å². The molecule has 1 N–H and O–H groups in total. The van der Waals surface area contributed by atoms with E-state index >= 15 is 0 Å². The highest BCUT2D eigenvalue weighted by Crippen LogP contribution is 2.43. The Morgan fingerprint density at radius 2 is 1.81 bits per heavy atom. The summed E-state index contributed by atoms with van der Waals surface area (Å²) in [6.07, 6.45) is 1.99. The number of hydrogen-bond acceptors (Lipinski definition) is 5. The van der Waals surface area contributed by atoms with Gasteiger partial charge in [-0.25, -0.2) is 0 Å². The van der Waals surface area contributed by atoms with E-state index in [1.807, 2.05) is 43.5 Å². The third-order valence-electron chi connectivity index (χ3n) is 4.23. The quantitative estimate of drug-likeness (QED) is 0.661. The number of thioether (sulfide) groups is 1. The Labute approximate surface area is 172 Å². The highest BCUT2D eigenvalue weighted by atomic mass is 35.5. The van der Waals surface area contributed by atoms with Crippen molar-refractivity contribution in [3.63, 3.8) is 0 Å². The monoisotopic (exact) mass is 417 g/mol. The average Bonchev–Trinajstić information content (AvgIpc) is 2.98. The van der Waals surface area contributed by atoms with Gasteiger partial charge in [-0.15, -0.1) is 5.10 Å². The largest absolute Gasteiger partial charge is 0.494 e. The molecule has 0 spiro atoms. The van der Waals surface area contributed by atoms with E-state index in [0.717, 1.165) is 33.4 Å². The van der Waals surface area contributed by atoms with Gasteiger partial charge in [0.25, 0.3) is 0 Å². The van der Waals surface area contributed by atoms with E-state index in [4.69, 9.17) is 27.9 Å². The third-order valence-corrected chi connectivity index (χ3v) is 5.83. The first-order valence-corrected chi connectivity index (χ1v) is 10.1. The van der Waals surface area contributed by atoms with E-state index < -0.39 is 0 Å². The van der Waals surface area contributed by atoms with Gasteiger partial charge in [0.1, 0.15) is 5.75 Å². The molecule has 0 atom stereocenters. The third kappa shape index (κ3) is 3.43. The van der Waals surface area contributed by atoms with Crippen molar-refractivity contribution in [1.82, 2.24) is 10.3 Å². The summed E-state index contributed by atoms with van der Waals surface area (Å²) in [5, 5.41) is 6.53. The Morgan fingerprint density at radius 3 is 2.48 bits per heavy atom. The van der Waals surface area contributed by atoms with Crippen molar-refractivity contribution in [1.29, 1.82) is 0 Å². The van der Waals surface area contributed by atoms with Crippen LogP contribution in [-0.2, 0) is 0 Å². The van der Waals surface area contributed by atoms with Crippen LogP contribution in [0.2, 0.25) is 10.0 Å². The lowest BCUT2D eigenvalue weighted by Gasteiger charge is -2.25. The van der Waals surface area contributed by atoms with Gasteiger partial charge in [-0.05, 0) is 55.8 Å². The Balaban J connectivity index is 1.72. The van der Waals surface area contributed by atoms with Crippen LogP contribution in [0.1, 0.15) is 25.0 Å². The van der Waals surface area contributed by atoms with Gasteiger partial charge < -0.3 is 4.74 Å². The molecule has 2 aliphatic rings. The summed E-state index contributed by atoms with van der Waals surface area (Å²) in [6.45, 7) is 4.72. The fourth-order valence-corrected chi connectivity index (χ4v) is 4.58. The van der Waals surface area contributed by atoms with Gasteiger partial charge in [0.15, 0.2) is 5.17 Å². The van der Waals surface area contributed by atoms with Crippen molar-refractivity contribution < 1.29 is 4.74 Å². The molecule has 0 radical (unpaired) electrons. The Morgan fingerprint density at radius 1 is 1.11 bits per heavy atom. The van der Waals surface area contributed by atoms with E-state index in [1.54, 1.807) is 11.8 Å². The number of allylic oxidation sites excluding steroid dienone is 1. The molecular formula is C20H17Cl2N3OS. The lowest BCUT2D eigenvalue weighted by atomic mass is 10.1. The first-order chi connectivity index (χ1) is 13.1. The predicted octanol–water partition coefficient (Wildman–Crippen LogP) is 6.00. The van der Waals surface area contributed by atoms with Crippen molar-refractivity contribution in [3.05, 3.63) is 74.7 Å². The molecule has 2 aromatic carbocycles. The molecule has 2 aliphatic heterocycles. The van der Waals surface area contributed by atoms with Crippen molar-refractivity contribution in [3.8, 4) is 5.75 Å². The molecule has 0 fully saturated rings. The van der Waals surface area contributed by atoms with Gasteiger partial charge in [-0.2, -0.15) is 0 Å². The van der Waals surface area contributed by atoms with E-state index in [9.17, 15) is 0 Å². The zero-order valence-corrected chi connectivity index (χ0v) is 17.1. The zero-order valence-electron chi connectivity index (χ0n) is 14.8. The molecule has 0 aromatic heterocycles. The number of rotatable bonds is 4. The first kappa shape index (κ1) is 18.3. The van der Waals surface area contributed by atoms with E-state index in [0.29, 0.717) is 16.7 Å². The zero-order chi connectivity index (χ0) is 19.0. The number of nitrogens with one attached hydrogen (secondary N) is 1. The van der Waals surface area contributed by atoms with Crippen molar-refractivity contribution in [2.24, 2.45) is 5.10 Å². The second-order valence-corrected chi connectivity index (χ2v) is 7.98. The minimum absolute atomic E-state index is 0.579. The van der Waals surface area contributed by atoms with E-state index in [2.05, 4.69) is 34.5 Å². The molecule has 2 aromatic rings. The maximum absolute atomic E-state index is 6.37. The molecule has 27 heavy (non-hydrogen) atoms. The Bertz CT molecular complexity index is 963. The predicted molar refractivity (Wildman–Crippen MR) is 115 cm³/mol. The molecule has 138 valence electrons. The Kier molecular flexibility index (Phi) is 5.08. The summed E-state index contributed by atoms with van der Waals surface area (Å²) in [6, 6.07) is 13.5. The average molecular weight is 418 g/mol. The van der Waals surface area contributed by atoms with Crippen LogP contribution in [0.4, 0.5) is 0 Å². The minimum atomic E-state index is 0.579. The molecule has 7 heteroatoms. The summed E-state index contributed by atoms with van der Waals surface area (Å²) in [4.78, 5) is 3.24. The molecular weight excluding hydrogens is 401 g/mol. The number of fused-ring (bicyclic) bond motifs is 1. The lowest BCUT2D eigenvalue weighted by Crippen LogP contribution is -2.26. The van der Waals surface area contributed by atoms with Gasteiger partial charge in [-0.1, -0.05) is 41.0 Å². The van der Waals surface area contributed by atoms with Crippen LogP contribution in [0.3, 0.4) is 0 Å². The van der Waals surface area contributed by atoms with E-state index in [1.165, 1.54) is 4.91 Å². The first-order valence-electron chi connectivity index (χ1n) is 8.49. The molecule has 0 aliphatic carbocycles. The molecule has 0 saturated carbocycles. The second kappa shape index (κ2) is 7.50. The number of ether oxygens (including phenoxy) is 1. The van der Waals surface area contributed by atoms with Gasteiger partial charge in [0.05, 0.1) is 28.0 Å². The maximum Gasteiger partial charge on any atom is 0.196 e. The summed E-state index contributed by atoms with van der Waals surface area (Å²) in [7, 11) is 0. The number of halogens is 2. The summed E-state index contributed by atoms with van der Waals surface area (Å²) in [5.41, 5.74) is 6.76. The number of nitrogens with zero attached hydrogens (tertiary/aromatic N) is 2. The molecule has 4 nitrogen and oxygen atoms in total. The van der Waals surface area contributed by atoms with Gasteiger partial charge in [0.2, 0.25) is 0 Å². The molecule has 4 rings (SSSR count). The van der Waals surface area contributed by atoms with Crippen LogP contribution in [0.15, 0.2) is 58.7 Å².